The van der Waals surface area contributed by atoms with Gasteiger partial charge in [0.15, 0.2) is 0 Å². The number of anilines is 2. The van der Waals surface area contributed by atoms with E-state index in [1.165, 1.54) is 0 Å². The van der Waals surface area contributed by atoms with Crippen LogP contribution in [0.25, 0.3) is 5.69 Å². The highest BCUT2D eigenvalue weighted by Gasteiger charge is 2.28. The molecular weight excluding hydrogens is 406 g/mol. The fourth-order valence-electron chi connectivity index (χ4n) is 3.80. The number of para-hydroxylation sites is 1. The van der Waals surface area contributed by atoms with Crippen LogP contribution in [0.1, 0.15) is 45.1 Å². The molecule has 4 rings (SSSR count). The molecule has 1 fully saturated rings. The van der Waals surface area contributed by atoms with Crippen molar-refractivity contribution in [2.24, 2.45) is 0 Å². The van der Waals surface area contributed by atoms with Gasteiger partial charge < -0.3 is 9.64 Å². The van der Waals surface area contributed by atoms with E-state index < -0.39 is 5.60 Å². The fourth-order valence-corrected chi connectivity index (χ4v) is 3.80. The van der Waals surface area contributed by atoms with E-state index in [0.717, 1.165) is 29.2 Å². The van der Waals surface area contributed by atoms with Crippen LogP contribution in [0, 0.1) is 0 Å². The minimum absolute atomic E-state index is 0.190. The Hall–Kier alpha value is -3.39. The second-order valence-electron chi connectivity index (χ2n) is 8.99. The molecule has 1 aliphatic heterocycles. The number of piperidine rings is 1. The number of benzene rings is 2. The third kappa shape index (κ3) is 5.08. The van der Waals surface area contributed by atoms with Gasteiger partial charge in [-0.3, -0.25) is 5.21 Å². The van der Waals surface area contributed by atoms with Crippen molar-refractivity contribution < 1.29 is 14.7 Å². The maximum Gasteiger partial charge on any atom is 0.410 e. The maximum atomic E-state index is 12.4. The summed E-state index contributed by atoms with van der Waals surface area (Å²) in [5.41, 5.74) is 2.05. The van der Waals surface area contributed by atoms with E-state index in [0.29, 0.717) is 18.8 Å². The summed E-state index contributed by atoms with van der Waals surface area (Å²) in [6.45, 7) is 6.97. The topological polar surface area (TPSA) is 83.7 Å². The van der Waals surface area contributed by atoms with Crippen LogP contribution in [-0.2, 0) is 4.74 Å². The Balaban J connectivity index is 1.43. The van der Waals surface area contributed by atoms with Gasteiger partial charge in [0.1, 0.15) is 11.9 Å². The first-order valence-electron chi connectivity index (χ1n) is 10.8. The van der Waals surface area contributed by atoms with Crippen molar-refractivity contribution in [1.29, 1.82) is 0 Å². The van der Waals surface area contributed by atoms with Gasteiger partial charge in [-0.05, 0) is 63.4 Å². The average molecular weight is 436 g/mol. The Morgan fingerprint density at radius 1 is 1.12 bits per heavy atom. The quantitative estimate of drug-likeness (QED) is 0.586. The molecule has 0 radical (unpaired) electrons. The van der Waals surface area contributed by atoms with Crippen molar-refractivity contribution in [3.8, 4) is 5.69 Å². The van der Waals surface area contributed by atoms with Crippen molar-refractivity contribution in [3.63, 3.8) is 0 Å². The largest absolute Gasteiger partial charge is 0.444 e. The van der Waals surface area contributed by atoms with Gasteiger partial charge in [0.2, 0.25) is 0 Å². The Morgan fingerprint density at radius 3 is 2.53 bits per heavy atom. The standard InChI is InChI=1S/C24H29N5O3/c1-24(2,3)32-23(30)27-15-7-8-19(16-27)18-11-13-21(14-12-18)29(31)22-25-17-28(26-22)20-9-5-4-6-10-20/h4-6,9-14,17,19,31H,7-8,15-16H2,1-3H3. The molecule has 8 heteroatoms. The lowest BCUT2D eigenvalue weighted by Crippen LogP contribution is -2.42. The number of carbonyl (C=O) groups is 1. The first-order chi connectivity index (χ1) is 15.3. The molecule has 8 nitrogen and oxygen atoms in total. The predicted molar refractivity (Wildman–Crippen MR) is 122 cm³/mol. The van der Waals surface area contributed by atoms with Gasteiger partial charge in [-0.2, -0.15) is 10.0 Å². The smallest absolute Gasteiger partial charge is 0.410 e. The summed E-state index contributed by atoms with van der Waals surface area (Å²) < 4.78 is 7.14. The van der Waals surface area contributed by atoms with Crippen molar-refractivity contribution in [2.75, 3.05) is 18.2 Å². The minimum Gasteiger partial charge on any atom is -0.444 e. The second kappa shape index (κ2) is 9.00. The van der Waals surface area contributed by atoms with Crippen LogP contribution in [0.5, 0.6) is 0 Å². The summed E-state index contributed by atoms with van der Waals surface area (Å²) in [5.74, 6) is 0.420. The molecular formula is C24H29N5O3. The summed E-state index contributed by atoms with van der Waals surface area (Å²) in [6.07, 6.45) is 3.24. The van der Waals surface area contributed by atoms with Gasteiger partial charge in [-0.25, -0.2) is 9.48 Å². The Kier molecular flexibility index (Phi) is 6.14. The van der Waals surface area contributed by atoms with Crippen LogP contribution in [-0.4, -0.2) is 49.7 Å². The minimum atomic E-state index is -0.502. The van der Waals surface area contributed by atoms with Gasteiger partial charge in [-0.15, -0.1) is 5.10 Å². The zero-order chi connectivity index (χ0) is 22.7. The molecule has 0 bridgehead atoms. The lowest BCUT2D eigenvalue weighted by molar-refractivity contribution is 0.0198. The molecule has 0 aliphatic carbocycles. The van der Waals surface area contributed by atoms with E-state index in [9.17, 15) is 10.0 Å². The Morgan fingerprint density at radius 2 is 1.84 bits per heavy atom. The van der Waals surface area contributed by atoms with Crippen LogP contribution in [0.3, 0.4) is 0 Å². The van der Waals surface area contributed by atoms with Crippen LogP contribution in [0.15, 0.2) is 60.9 Å². The van der Waals surface area contributed by atoms with Crippen LogP contribution >= 0.6 is 0 Å². The van der Waals surface area contributed by atoms with E-state index >= 15 is 0 Å². The molecule has 1 atom stereocenters. The molecule has 2 aromatic carbocycles. The number of likely N-dealkylation sites (tertiary alicyclic amines) is 1. The van der Waals surface area contributed by atoms with Gasteiger partial charge in [0, 0.05) is 19.0 Å². The van der Waals surface area contributed by atoms with E-state index in [1.54, 1.807) is 15.9 Å². The molecule has 1 N–H and O–H groups in total. The van der Waals surface area contributed by atoms with E-state index in [1.807, 2.05) is 75.4 Å². The maximum absolute atomic E-state index is 12.4. The average Bonchev–Trinajstić information content (AvgIpc) is 3.29. The van der Waals surface area contributed by atoms with Gasteiger partial charge in [0.05, 0.1) is 11.4 Å². The first-order valence-corrected chi connectivity index (χ1v) is 10.8. The van der Waals surface area contributed by atoms with Crippen molar-refractivity contribution in [2.45, 2.75) is 45.1 Å². The zero-order valence-corrected chi connectivity index (χ0v) is 18.7. The molecule has 2 heterocycles. The molecule has 1 saturated heterocycles. The number of hydrogen-bond donors (Lipinski definition) is 1. The van der Waals surface area contributed by atoms with Crippen LogP contribution < -0.4 is 5.06 Å². The highest BCUT2D eigenvalue weighted by atomic mass is 16.6. The highest BCUT2D eigenvalue weighted by Crippen LogP contribution is 2.30. The summed E-state index contributed by atoms with van der Waals surface area (Å²) in [4.78, 5) is 18.4. The van der Waals surface area contributed by atoms with E-state index in [4.69, 9.17) is 4.74 Å². The number of nitrogens with zero attached hydrogens (tertiary/aromatic N) is 5. The molecule has 1 amide bonds. The number of rotatable bonds is 4. The van der Waals surface area contributed by atoms with Crippen molar-refractivity contribution >= 4 is 17.7 Å². The van der Waals surface area contributed by atoms with Crippen LogP contribution in [0.2, 0.25) is 0 Å². The second-order valence-corrected chi connectivity index (χ2v) is 8.99. The summed E-state index contributed by atoms with van der Waals surface area (Å²) in [5, 5.41) is 15.9. The van der Waals surface area contributed by atoms with E-state index in [-0.39, 0.29) is 18.0 Å². The van der Waals surface area contributed by atoms with Gasteiger partial charge in [0.25, 0.3) is 5.95 Å². The monoisotopic (exact) mass is 435 g/mol. The predicted octanol–water partition coefficient (Wildman–Crippen LogP) is 4.91. The molecule has 3 aromatic rings. The molecule has 1 aliphatic rings. The molecule has 32 heavy (non-hydrogen) atoms. The summed E-state index contributed by atoms with van der Waals surface area (Å²) >= 11 is 0. The molecule has 168 valence electrons. The Labute approximate surface area is 188 Å². The number of ether oxygens (including phenoxy) is 1. The van der Waals surface area contributed by atoms with Gasteiger partial charge >= 0.3 is 6.09 Å². The SMILES string of the molecule is CC(C)(C)OC(=O)N1CCCC(c2ccc(N(O)c3ncn(-c4ccccc4)n3)cc2)C1. The molecule has 0 saturated carbocycles. The summed E-state index contributed by atoms with van der Waals surface area (Å²) in [6, 6.07) is 17.2. The summed E-state index contributed by atoms with van der Waals surface area (Å²) in [7, 11) is 0. The number of amides is 1. The molecule has 1 unspecified atom stereocenters. The normalized spacial score (nSPS) is 16.6. The highest BCUT2D eigenvalue weighted by molar-refractivity contribution is 5.68. The van der Waals surface area contributed by atoms with Gasteiger partial charge in [-0.1, -0.05) is 30.3 Å². The fraction of sp³-hybridized carbons (Fsp3) is 0.375. The zero-order valence-electron chi connectivity index (χ0n) is 18.7. The third-order valence-electron chi connectivity index (χ3n) is 5.37. The number of aromatic nitrogens is 3. The van der Waals surface area contributed by atoms with E-state index in [2.05, 4.69) is 10.1 Å². The molecule has 0 spiro atoms. The van der Waals surface area contributed by atoms with Crippen LogP contribution in [0.4, 0.5) is 16.4 Å². The number of carbonyl (C=O) groups excluding carboxylic acids is 1. The van der Waals surface area contributed by atoms with Crippen molar-refractivity contribution in [1.82, 2.24) is 19.7 Å². The lowest BCUT2D eigenvalue weighted by Gasteiger charge is -2.34. The van der Waals surface area contributed by atoms with Crippen molar-refractivity contribution in [3.05, 3.63) is 66.5 Å². The third-order valence-corrected chi connectivity index (χ3v) is 5.37. The Bertz CT molecular complexity index is 1040. The first kappa shape index (κ1) is 21.8. The number of hydrogen-bond acceptors (Lipinski definition) is 6. The lowest BCUT2D eigenvalue weighted by atomic mass is 9.90. The molecule has 1 aromatic heterocycles.